The third kappa shape index (κ3) is 4.49. The SMILES string of the molecule is CN(C)Cc1cnc(-c2cccc(Cc3nn(-c4cnn(C)c4)ccc3=O)c2)nc1. The molecule has 8 nitrogen and oxygen atoms in total. The maximum Gasteiger partial charge on any atom is 0.203 e. The van der Waals surface area contributed by atoms with Gasteiger partial charge in [-0.3, -0.25) is 9.48 Å². The lowest BCUT2D eigenvalue weighted by Gasteiger charge is -2.09. The lowest BCUT2D eigenvalue weighted by atomic mass is 10.1. The summed E-state index contributed by atoms with van der Waals surface area (Å²) < 4.78 is 3.36. The second-order valence-corrected chi connectivity index (χ2v) is 7.47. The molecule has 3 heterocycles. The van der Waals surface area contributed by atoms with Crippen LogP contribution in [0.4, 0.5) is 0 Å². The highest BCUT2D eigenvalue weighted by Gasteiger charge is 2.09. The number of aromatic nitrogens is 6. The molecule has 0 unspecified atom stereocenters. The minimum Gasteiger partial charge on any atom is -0.305 e. The van der Waals surface area contributed by atoms with Crippen LogP contribution in [0.1, 0.15) is 16.8 Å². The van der Waals surface area contributed by atoms with Gasteiger partial charge in [0.1, 0.15) is 11.4 Å². The van der Waals surface area contributed by atoms with Crippen LogP contribution < -0.4 is 5.43 Å². The first-order valence-electron chi connectivity index (χ1n) is 9.61. The van der Waals surface area contributed by atoms with Gasteiger partial charge in [0.05, 0.1) is 12.4 Å². The van der Waals surface area contributed by atoms with Gasteiger partial charge in [0.25, 0.3) is 0 Å². The van der Waals surface area contributed by atoms with Crippen molar-refractivity contribution in [2.45, 2.75) is 13.0 Å². The molecule has 0 aliphatic rings. The van der Waals surface area contributed by atoms with E-state index < -0.39 is 0 Å². The monoisotopic (exact) mass is 401 g/mol. The van der Waals surface area contributed by atoms with Crippen LogP contribution >= 0.6 is 0 Å². The molecule has 152 valence electrons. The molecule has 0 N–H and O–H groups in total. The van der Waals surface area contributed by atoms with E-state index in [0.717, 1.165) is 28.9 Å². The van der Waals surface area contributed by atoms with Gasteiger partial charge in [-0.25, -0.2) is 14.6 Å². The van der Waals surface area contributed by atoms with E-state index in [1.165, 1.54) is 6.07 Å². The molecule has 0 aliphatic carbocycles. The number of aryl methyl sites for hydroxylation is 1. The van der Waals surface area contributed by atoms with Crippen LogP contribution in [0, 0.1) is 0 Å². The Morgan fingerprint density at radius 1 is 1.03 bits per heavy atom. The lowest BCUT2D eigenvalue weighted by molar-refractivity contribution is 0.401. The Morgan fingerprint density at radius 2 is 1.83 bits per heavy atom. The first-order valence-corrected chi connectivity index (χ1v) is 9.61. The zero-order valence-corrected chi connectivity index (χ0v) is 17.2. The van der Waals surface area contributed by atoms with Crippen LogP contribution in [0.5, 0.6) is 0 Å². The highest BCUT2D eigenvalue weighted by molar-refractivity contribution is 5.56. The third-order valence-corrected chi connectivity index (χ3v) is 4.60. The summed E-state index contributed by atoms with van der Waals surface area (Å²) in [7, 11) is 5.86. The van der Waals surface area contributed by atoms with Gasteiger partial charge in [0.2, 0.25) is 5.43 Å². The van der Waals surface area contributed by atoms with Gasteiger partial charge in [-0.1, -0.05) is 18.2 Å². The van der Waals surface area contributed by atoms with Crippen molar-refractivity contribution in [2.24, 2.45) is 7.05 Å². The predicted octanol–water partition coefficient (Wildman–Crippen LogP) is 2.08. The van der Waals surface area contributed by atoms with Crippen molar-refractivity contribution in [1.29, 1.82) is 0 Å². The van der Waals surface area contributed by atoms with Gasteiger partial charge in [-0.05, 0) is 25.7 Å². The van der Waals surface area contributed by atoms with Gasteiger partial charge in [-0.15, -0.1) is 0 Å². The Labute approximate surface area is 174 Å². The van der Waals surface area contributed by atoms with E-state index in [4.69, 9.17) is 0 Å². The largest absolute Gasteiger partial charge is 0.305 e. The molecule has 8 heteroatoms. The van der Waals surface area contributed by atoms with Crippen molar-refractivity contribution in [3.63, 3.8) is 0 Å². The number of hydrogen-bond donors (Lipinski definition) is 0. The molecule has 3 aromatic heterocycles. The Morgan fingerprint density at radius 3 is 2.53 bits per heavy atom. The topological polar surface area (TPSA) is 81.7 Å². The summed E-state index contributed by atoms with van der Waals surface area (Å²) in [6.07, 6.45) is 9.33. The molecule has 0 aliphatic heterocycles. The molecule has 0 spiro atoms. The molecule has 0 atom stereocenters. The van der Waals surface area contributed by atoms with Crippen LogP contribution in [0.15, 0.2) is 66.1 Å². The Kier molecular flexibility index (Phi) is 5.49. The molecule has 0 saturated carbocycles. The summed E-state index contributed by atoms with van der Waals surface area (Å²) in [5.41, 5.74) is 4.13. The fraction of sp³-hybridized carbons (Fsp3) is 0.227. The van der Waals surface area contributed by atoms with E-state index in [0.29, 0.717) is 17.9 Å². The summed E-state index contributed by atoms with van der Waals surface area (Å²) >= 11 is 0. The maximum atomic E-state index is 12.4. The molecule has 0 radical (unpaired) electrons. The van der Waals surface area contributed by atoms with Crippen molar-refractivity contribution in [1.82, 2.24) is 34.4 Å². The molecule has 0 bridgehead atoms. The fourth-order valence-electron chi connectivity index (χ4n) is 3.20. The van der Waals surface area contributed by atoms with Crippen LogP contribution in [0.2, 0.25) is 0 Å². The van der Waals surface area contributed by atoms with Crippen molar-refractivity contribution >= 4 is 0 Å². The van der Waals surface area contributed by atoms with E-state index in [9.17, 15) is 4.79 Å². The molecule has 30 heavy (non-hydrogen) atoms. The van der Waals surface area contributed by atoms with Gasteiger partial charge in [0.15, 0.2) is 5.82 Å². The third-order valence-electron chi connectivity index (χ3n) is 4.60. The van der Waals surface area contributed by atoms with E-state index in [1.54, 1.807) is 21.8 Å². The smallest absolute Gasteiger partial charge is 0.203 e. The predicted molar refractivity (Wildman–Crippen MR) is 114 cm³/mol. The van der Waals surface area contributed by atoms with Crippen molar-refractivity contribution < 1.29 is 0 Å². The van der Waals surface area contributed by atoms with E-state index in [-0.39, 0.29) is 5.43 Å². The molecule has 0 fully saturated rings. The zero-order chi connectivity index (χ0) is 21.1. The summed E-state index contributed by atoms with van der Waals surface area (Å²) in [4.78, 5) is 23.4. The van der Waals surface area contributed by atoms with Crippen LogP contribution in [-0.4, -0.2) is 48.5 Å². The van der Waals surface area contributed by atoms with E-state index in [1.807, 2.05) is 64.0 Å². The normalized spacial score (nSPS) is 11.2. The van der Waals surface area contributed by atoms with Crippen molar-refractivity contribution in [3.8, 4) is 17.1 Å². The lowest BCUT2D eigenvalue weighted by Crippen LogP contribution is -2.16. The standard InChI is InChI=1S/C22H23N7O/c1-27(2)14-17-11-23-22(24-12-17)18-6-4-5-16(9-18)10-20-21(30)7-8-29(26-20)19-13-25-28(3)15-19/h4-9,11-13,15H,10,14H2,1-3H3. The minimum atomic E-state index is -0.0927. The summed E-state index contributed by atoms with van der Waals surface area (Å²) in [6.45, 7) is 0.795. The Balaban J connectivity index is 1.58. The molecule has 0 saturated heterocycles. The van der Waals surface area contributed by atoms with Gasteiger partial charge >= 0.3 is 0 Å². The summed E-state index contributed by atoms with van der Waals surface area (Å²) in [5.74, 6) is 0.660. The van der Waals surface area contributed by atoms with Crippen LogP contribution in [0.25, 0.3) is 17.1 Å². The fourth-order valence-corrected chi connectivity index (χ4v) is 3.20. The maximum absolute atomic E-state index is 12.4. The summed E-state index contributed by atoms with van der Waals surface area (Å²) in [5, 5.41) is 8.66. The van der Waals surface area contributed by atoms with Crippen molar-refractivity contribution in [3.05, 3.63) is 88.4 Å². The van der Waals surface area contributed by atoms with Crippen molar-refractivity contribution in [2.75, 3.05) is 14.1 Å². The summed E-state index contributed by atoms with van der Waals surface area (Å²) in [6, 6.07) is 9.43. The van der Waals surface area contributed by atoms with Gasteiger partial charge in [-0.2, -0.15) is 10.2 Å². The number of benzene rings is 1. The van der Waals surface area contributed by atoms with Gasteiger partial charge in [0, 0.05) is 55.8 Å². The minimum absolute atomic E-state index is 0.0927. The average Bonchev–Trinajstić information content (AvgIpc) is 3.16. The molecule has 4 rings (SSSR count). The first kappa shape index (κ1) is 19.7. The molecule has 0 amide bonds. The molecule has 1 aromatic carbocycles. The molecular formula is C22H23N7O. The Bertz CT molecular complexity index is 1210. The molecular weight excluding hydrogens is 378 g/mol. The van der Waals surface area contributed by atoms with E-state index >= 15 is 0 Å². The number of rotatable bonds is 6. The average molecular weight is 401 g/mol. The first-order chi connectivity index (χ1) is 14.5. The highest BCUT2D eigenvalue weighted by atomic mass is 16.1. The number of nitrogens with zero attached hydrogens (tertiary/aromatic N) is 7. The Hall–Kier alpha value is -3.65. The highest BCUT2D eigenvalue weighted by Crippen LogP contribution is 2.18. The van der Waals surface area contributed by atoms with Crippen LogP contribution in [-0.2, 0) is 20.0 Å². The molecule has 4 aromatic rings. The zero-order valence-electron chi connectivity index (χ0n) is 17.2. The quantitative estimate of drug-likeness (QED) is 0.492. The van der Waals surface area contributed by atoms with Crippen LogP contribution in [0.3, 0.4) is 0 Å². The number of hydrogen-bond acceptors (Lipinski definition) is 6. The van der Waals surface area contributed by atoms with Gasteiger partial charge < -0.3 is 4.90 Å². The second-order valence-electron chi connectivity index (χ2n) is 7.47. The van der Waals surface area contributed by atoms with E-state index in [2.05, 4.69) is 25.1 Å². The second kappa shape index (κ2) is 8.38.